The highest BCUT2D eigenvalue weighted by Gasteiger charge is 2.43. The van der Waals surface area contributed by atoms with Crippen molar-refractivity contribution in [3.63, 3.8) is 0 Å². The van der Waals surface area contributed by atoms with Gasteiger partial charge in [-0.3, -0.25) is 4.90 Å². The number of likely N-dealkylation sites (tertiary alicyclic amines) is 1. The zero-order valence-electron chi connectivity index (χ0n) is 12.1. The van der Waals surface area contributed by atoms with E-state index in [4.69, 9.17) is 0 Å². The number of nitrogens with zero attached hydrogens (tertiary/aromatic N) is 1. The molecule has 7 heteroatoms. The van der Waals surface area contributed by atoms with E-state index in [1.807, 2.05) is 4.90 Å². The van der Waals surface area contributed by atoms with Crippen molar-refractivity contribution >= 4 is 0 Å². The Morgan fingerprint density at radius 2 is 1.57 bits per heavy atom. The van der Waals surface area contributed by atoms with Crippen LogP contribution < -0.4 is 0 Å². The topological polar surface area (TPSA) is 63.9 Å². The molecule has 1 saturated heterocycles. The third kappa shape index (κ3) is 3.88. The molecule has 1 heterocycles. The number of halogens is 3. The third-order valence-electron chi connectivity index (χ3n) is 5.04. The van der Waals surface area contributed by atoms with Gasteiger partial charge in [0.25, 0.3) is 0 Å². The Kier molecular flexibility index (Phi) is 5.18. The molecule has 0 aromatic carbocycles. The number of alkyl halides is 3. The number of aliphatic hydroxyl groups excluding tert-OH is 3. The summed E-state index contributed by atoms with van der Waals surface area (Å²) in [6.07, 6.45) is -5.95. The van der Waals surface area contributed by atoms with Crippen LogP contribution in [0.1, 0.15) is 32.6 Å². The minimum Gasteiger partial charge on any atom is -0.389 e. The number of aliphatic hydroxyl groups is 3. The average molecular weight is 311 g/mol. The van der Waals surface area contributed by atoms with Gasteiger partial charge in [-0.15, -0.1) is 0 Å². The molecule has 4 atom stereocenters. The zero-order chi connectivity index (χ0) is 15.8. The van der Waals surface area contributed by atoms with Crippen LogP contribution in [0.2, 0.25) is 0 Å². The minimum atomic E-state index is -4.10. The van der Waals surface area contributed by atoms with Gasteiger partial charge < -0.3 is 15.3 Å². The highest BCUT2D eigenvalue weighted by atomic mass is 19.4. The molecule has 1 saturated carbocycles. The van der Waals surface area contributed by atoms with E-state index in [0.717, 1.165) is 0 Å². The Balaban J connectivity index is 1.86. The van der Waals surface area contributed by atoms with Crippen molar-refractivity contribution in [3.8, 4) is 0 Å². The Hall–Kier alpha value is -0.370. The number of rotatable bonds is 2. The summed E-state index contributed by atoms with van der Waals surface area (Å²) < 4.78 is 37.9. The van der Waals surface area contributed by atoms with Crippen LogP contribution in [0, 0.1) is 11.8 Å². The molecule has 0 aromatic heterocycles. The molecule has 0 spiro atoms. The van der Waals surface area contributed by atoms with Gasteiger partial charge in [0.05, 0.1) is 18.1 Å². The van der Waals surface area contributed by atoms with Gasteiger partial charge in [0, 0.05) is 19.1 Å². The number of β-amino-alcohol motifs (C(OH)–C–C–N with tert-alkyl or cyclic N) is 1. The molecule has 0 aromatic rings. The minimum absolute atomic E-state index is 0.153. The summed E-state index contributed by atoms with van der Waals surface area (Å²) in [5.74, 6) is -1.04. The molecule has 1 aliphatic carbocycles. The van der Waals surface area contributed by atoms with E-state index >= 15 is 0 Å². The van der Waals surface area contributed by atoms with Crippen molar-refractivity contribution in [2.75, 3.05) is 13.1 Å². The molecule has 2 fully saturated rings. The molecule has 21 heavy (non-hydrogen) atoms. The van der Waals surface area contributed by atoms with Crippen molar-refractivity contribution in [3.05, 3.63) is 0 Å². The molecule has 124 valence electrons. The van der Waals surface area contributed by atoms with Gasteiger partial charge >= 0.3 is 6.18 Å². The summed E-state index contributed by atoms with van der Waals surface area (Å²) >= 11 is 0. The largest absolute Gasteiger partial charge is 0.391 e. The SMILES string of the molecule is C[C@@H]1[C@@H](O)[C@H](O)[C@@H](O)CN1C[C@H]1CC[C@H](C(F)(F)F)CC1. The maximum absolute atomic E-state index is 12.6. The summed E-state index contributed by atoms with van der Waals surface area (Å²) in [6.45, 7) is 2.58. The second-order valence-electron chi connectivity index (χ2n) is 6.50. The lowest BCUT2D eigenvalue weighted by atomic mass is 9.80. The Morgan fingerprint density at radius 3 is 2.10 bits per heavy atom. The van der Waals surface area contributed by atoms with Crippen molar-refractivity contribution in [1.82, 2.24) is 4.90 Å². The molecular formula is C14H24F3NO3. The normalized spacial score (nSPS) is 43.0. The first kappa shape index (κ1) is 17.0. The van der Waals surface area contributed by atoms with Crippen LogP contribution in [0.3, 0.4) is 0 Å². The van der Waals surface area contributed by atoms with Gasteiger partial charge in [-0.25, -0.2) is 0 Å². The number of hydrogen-bond acceptors (Lipinski definition) is 4. The van der Waals surface area contributed by atoms with Crippen LogP contribution in [0.15, 0.2) is 0 Å². The van der Waals surface area contributed by atoms with Crippen LogP contribution in [-0.4, -0.2) is 63.8 Å². The Morgan fingerprint density at radius 1 is 1.00 bits per heavy atom. The number of piperidine rings is 1. The van der Waals surface area contributed by atoms with E-state index in [-0.39, 0.29) is 31.3 Å². The first-order valence-corrected chi connectivity index (χ1v) is 7.55. The molecule has 2 aliphatic rings. The molecular weight excluding hydrogens is 287 g/mol. The van der Waals surface area contributed by atoms with Crippen LogP contribution in [-0.2, 0) is 0 Å². The summed E-state index contributed by atoms with van der Waals surface area (Å²) in [5, 5.41) is 29.2. The van der Waals surface area contributed by atoms with Gasteiger partial charge in [0.2, 0.25) is 0 Å². The highest BCUT2D eigenvalue weighted by Crippen LogP contribution is 2.40. The average Bonchev–Trinajstić information content (AvgIpc) is 2.42. The second kappa shape index (κ2) is 6.40. The van der Waals surface area contributed by atoms with Crippen molar-refractivity contribution in [1.29, 1.82) is 0 Å². The second-order valence-corrected chi connectivity index (χ2v) is 6.50. The maximum Gasteiger partial charge on any atom is 0.391 e. The third-order valence-corrected chi connectivity index (χ3v) is 5.04. The van der Waals surface area contributed by atoms with Gasteiger partial charge in [0.15, 0.2) is 0 Å². The molecule has 0 bridgehead atoms. The van der Waals surface area contributed by atoms with E-state index in [2.05, 4.69) is 0 Å². The summed E-state index contributed by atoms with van der Waals surface area (Å²) in [6, 6.07) is -0.302. The predicted octanol–water partition coefficient (Wildman–Crippen LogP) is 1.14. The van der Waals surface area contributed by atoms with E-state index < -0.39 is 30.4 Å². The molecule has 2 rings (SSSR count). The Labute approximate surface area is 122 Å². The molecule has 0 unspecified atom stereocenters. The van der Waals surface area contributed by atoms with Crippen LogP contribution in [0.25, 0.3) is 0 Å². The molecule has 0 amide bonds. The van der Waals surface area contributed by atoms with E-state index in [9.17, 15) is 28.5 Å². The van der Waals surface area contributed by atoms with Gasteiger partial charge in [0.1, 0.15) is 6.10 Å². The Bertz CT molecular complexity index is 345. The standard InChI is InChI=1S/C14H24F3NO3/c1-8-12(20)13(21)11(19)7-18(8)6-9-2-4-10(5-3-9)14(15,16)17/h8-13,19-21H,2-7H2,1H3/t8-,9-,10-,11+,12-,13-/m1/s1. The van der Waals surface area contributed by atoms with Gasteiger partial charge in [-0.1, -0.05) is 0 Å². The quantitative estimate of drug-likeness (QED) is 0.716. The zero-order valence-corrected chi connectivity index (χ0v) is 12.1. The van der Waals surface area contributed by atoms with Gasteiger partial charge in [-0.05, 0) is 38.5 Å². The van der Waals surface area contributed by atoms with Crippen molar-refractivity contribution in [2.24, 2.45) is 11.8 Å². The number of hydrogen-bond donors (Lipinski definition) is 3. The molecule has 0 radical (unpaired) electrons. The van der Waals surface area contributed by atoms with Crippen LogP contribution in [0.4, 0.5) is 13.2 Å². The fourth-order valence-electron chi connectivity index (χ4n) is 3.49. The molecule has 4 nitrogen and oxygen atoms in total. The van der Waals surface area contributed by atoms with E-state index in [0.29, 0.717) is 19.4 Å². The van der Waals surface area contributed by atoms with Crippen molar-refractivity contribution in [2.45, 2.75) is 63.1 Å². The summed E-state index contributed by atoms with van der Waals surface area (Å²) in [4.78, 5) is 1.88. The smallest absolute Gasteiger partial charge is 0.389 e. The summed E-state index contributed by atoms with van der Waals surface area (Å²) in [5.41, 5.74) is 0. The van der Waals surface area contributed by atoms with E-state index in [1.54, 1.807) is 6.92 Å². The lowest BCUT2D eigenvalue weighted by Crippen LogP contribution is -2.60. The van der Waals surface area contributed by atoms with E-state index in [1.165, 1.54) is 0 Å². The maximum atomic E-state index is 12.6. The predicted molar refractivity (Wildman–Crippen MR) is 70.6 cm³/mol. The van der Waals surface area contributed by atoms with Gasteiger partial charge in [-0.2, -0.15) is 13.2 Å². The fraction of sp³-hybridized carbons (Fsp3) is 1.00. The molecule has 1 aliphatic heterocycles. The van der Waals surface area contributed by atoms with Crippen molar-refractivity contribution < 1.29 is 28.5 Å². The molecule has 3 N–H and O–H groups in total. The fourth-order valence-corrected chi connectivity index (χ4v) is 3.49. The summed E-state index contributed by atoms with van der Waals surface area (Å²) in [7, 11) is 0. The lowest BCUT2D eigenvalue weighted by molar-refractivity contribution is -0.185. The first-order valence-electron chi connectivity index (χ1n) is 7.55. The highest BCUT2D eigenvalue weighted by molar-refractivity contribution is 4.93. The van der Waals surface area contributed by atoms with Crippen LogP contribution in [0.5, 0.6) is 0 Å². The monoisotopic (exact) mass is 311 g/mol. The lowest BCUT2D eigenvalue weighted by Gasteiger charge is -2.44. The first-order chi connectivity index (χ1) is 9.70. The van der Waals surface area contributed by atoms with Crippen LogP contribution >= 0.6 is 0 Å².